The van der Waals surface area contributed by atoms with Crippen LogP contribution in [0.2, 0.25) is 10.0 Å². The topological polar surface area (TPSA) is 66.5 Å². The van der Waals surface area contributed by atoms with E-state index in [1.807, 2.05) is 0 Å². The molecule has 1 heterocycles. The number of sulfonamides is 1. The summed E-state index contributed by atoms with van der Waals surface area (Å²) in [5, 5.41) is 3.71. The molecule has 0 aliphatic carbocycles. The fourth-order valence-electron chi connectivity index (χ4n) is 2.93. The third-order valence-electron chi connectivity index (χ3n) is 4.34. The zero-order valence-electron chi connectivity index (χ0n) is 13.9. The number of rotatable bonds is 4. The second-order valence-electron chi connectivity index (χ2n) is 6.13. The predicted octanol–water partition coefficient (Wildman–Crippen LogP) is 4.03. The fraction of sp³-hybridized carbons (Fsp3) is 0.278. The number of para-hydroxylation sites is 1. The minimum atomic E-state index is -3.66. The van der Waals surface area contributed by atoms with Crippen molar-refractivity contribution in [3.63, 3.8) is 0 Å². The zero-order chi connectivity index (χ0) is 18.7. The second kappa shape index (κ2) is 7.96. The van der Waals surface area contributed by atoms with Crippen molar-refractivity contribution in [2.75, 3.05) is 18.4 Å². The van der Waals surface area contributed by atoms with Gasteiger partial charge >= 0.3 is 0 Å². The Morgan fingerprint density at radius 3 is 2.46 bits per heavy atom. The third kappa shape index (κ3) is 4.20. The summed E-state index contributed by atoms with van der Waals surface area (Å²) in [4.78, 5) is 12.7. The van der Waals surface area contributed by atoms with Crippen molar-refractivity contribution < 1.29 is 13.2 Å². The summed E-state index contributed by atoms with van der Waals surface area (Å²) in [5.74, 6) is -0.656. The van der Waals surface area contributed by atoms with Crippen LogP contribution >= 0.6 is 23.2 Å². The molecule has 2 aromatic rings. The average Bonchev–Trinajstić information content (AvgIpc) is 2.64. The molecular formula is C18H18Cl2N2O3S. The van der Waals surface area contributed by atoms with Gasteiger partial charge in [0.25, 0.3) is 0 Å². The van der Waals surface area contributed by atoms with Crippen LogP contribution in [0.1, 0.15) is 12.8 Å². The van der Waals surface area contributed by atoms with Crippen molar-refractivity contribution in [1.29, 1.82) is 0 Å². The summed E-state index contributed by atoms with van der Waals surface area (Å²) >= 11 is 11.9. The van der Waals surface area contributed by atoms with Crippen LogP contribution in [0.4, 0.5) is 5.69 Å². The van der Waals surface area contributed by atoms with Gasteiger partial charge in [0.15, 0.2) is 0 Å². The Balaban J connectivity index is 1.73. The lowest BCUT2D eigenvalue weighted by Crippen LogP contribution is -2.43. The van der Waals surface area contributed by atoms with Gasteiger partial charge in [-0.2, -0.15) is 4.31 Å². The number of carbonyl (C=O) groups is 1. The molecule has 1 saturated heterocycles. The molecule has 0 bridgehead atoms. The normalized spacial score (nSPS) is 18.5. The molecule has 1 fully saturated rings. The first-order valence-electron chi connectivity index (χ1n) is 8.19. The van der Waals surface area contributed by atoms with Crippen LogP contribution < -0.4 is 5.32 Å². The maximum atomic E-state index is 12.8. The molecule has 1 atom stereocenters. The molecule has 5 nitrogen and oxygen atoms in total. The Labute approximate surface area is 163 Å². The van der Waals surface area contributed by atoms with Crippen molar-refractivity contribution in [1.82, 2.24) is 4.31 Å². The number of hydrogen-bond donors (Lipinski definition) is 1. The number of benzene rings is 2. The predicted molar refractivity (Wildman–Crippen MR) is 103 cm³/mol. The summed E-state index contributed by atoms with van der Waals surface area (Å²) in [6.07, 6.45) is 1.25. The van der Waals surface area contributed by atoms with E-state index < -0.39 is 15.9 Å². The number of halogens is 2. The van der Waals surface area contributed by atoms with E-state index in [4.69, 9.17) is 23.2 Å². The first-order chi connectivity index (χ1) is 12.4. The van der Waals surface area contributed by atoms with Crippen molar-refractivity contribution in [2.24, 2.45) is 5.92 Å². The molecular weight excluding hydrogens is 395 g/mol. The molecule has 26 heavy (non-hydrogen) atoms. The van der Waals surface area contributed by atoms with E-state index in [1.54, 1.807) is 36.4 Å². The first kappa shape index (κ1) is 19.2. The molecule has 3 rings (SSSR count). The molecule has 8 heteroatoms. The second-order valence-corrected chi connectivity index (χ2v) is 8.91. The minimum Gasteiger partial charge on any atom is -0.324 e. The van der Waals surface area contributed by atoms with Crippen LogP contribution in [-0.4, -0.2) is 31.7 Å². The molecule has 0 saturated carbocycles. The number of nitrogens with one attached hydrogen (secondary N) is 1. The molecule has 138 valence electrons. The van der Waals surface area contributed by atoms with E-state index in [9.17, 15) is 13.2 Å². The number of hydrogen-bond acceptors (Lipinski definition) is 3. The number of anilines is 1. The Morgan fingerprint density at radius 2 is 1.77 bits per heavy atom. The lowest BCUT2D eigenvalue weighted by atomic mass is 9.99. The van der Waals surface area contributed by atoms with Gasteiger partial charge in [0.2, 0.25) is 15.9 Å². The fourth-order valence-corrected chi connectivity index (χ4v) is 4.76. The standard InChI is InChI=1S/C18H18Cl2N2O3S/c19-14-7-9-15(10-8-14)26(24,25)22-11-3-4-13(12-22)18(23)21-17-6-2-1-5-16(17)20/h1-2,5-10,13H,3-4,11-12H2,(H,21,23)/t13-/m0/s1. The Hall–Kier alpha value is -1.60. The van der Waals surface area contributed by atoms with E-state index in [0.717, 1.165) is 0 Å². The molecule has 1 aliphatic rings. The highest BCUT2D eigenvalue weighted by molar-refractivity contribution is 7.89. The van der Waals surface area contributed by atoms with Gasteiger partial charge in [-0.25, -0.2) is 8.42 Å². The molecule has 0 unspecified atom stereocenters. The van der Waals surface area contributed by atoms with Crippen molar-refractivity contribution in [3.8, 4) is 0 Å². The Morgan fingerprint density at radius 1 is 1.08 bits per heavy atom. The van der Waals surface area contributed by atoms with E-state index in [0.29, 0.717) is 35.1 Å². The number of carbonyl (C=O) groups excluding carboxylic acids is 1. The lowest BCUT2D eigenvalue weighted by Gasteiger charge is -2.31. The van der Waals surface area contributed by atoms with Crippen molar-refractivity contribution >= 4 is 44.8 Å². The van der Waals surface area contributed by atoms with Gasteiger partial charge in [0.05, 0.1) is 21.5 Å². The summed E-state index contributed by atoms with van der Waals surface area (Å²) in [7, 11) is -3.66. The van der Waals surface area contributed by atoms with Gasteiger partial charge in [0, 0.05) is 18.1 Å². The molecule has 0 aromatic heterocycles. The van der Waals surface area contributed by atoms with Crippen LogP contribution in [0.25, 0.3) is 0 Å². The van der Waals surface area contributed by atoms with Crippen molar-refractivity contribution in [2.45, 2.75) is 17.7 Å². The van der Waals surface area contributed by atoms with Gasteiger partial charge < -0.3 is 5.32 Å². The molecule has 1 aliphatic heterocycles. The summed E-state index contributed by atoms with van der Waals surface area (Å²) in [5.41, 5.74) is 0.525. The first-order valence-corrected chi connectivity index (χ1v) is 10.4. The quantitative estimate of drug-likeness (QED) is 0.823. The van der Waals surface area contributed by atoms with E-state index in [-0.39, 0.29) is 17.3 Å². The van der Waals surface area contributed by atoms with Crippen molar-refractivity contribution in [3.05, 3.63) is 58.6 Å². The molecule has 0 radical (unpaired) electrons. The summed E-state index contributed by atoms with van der Waals surface area (Å²) in [6.45, 7) is 0.530. The van der Waals surface area contributed by atoms with Crippen LogP contribution in [-0.2, 0) is 14.8 Å². The van der Waals surface area contributed by atoms with E-state index in [2.05, 4.69) is 5.32 Å². The summed E-state index contributed by atoms with van der Waals surface area (Å²) < 4.78 is 27.0. The molecule has 0 spiro atoms. The van der Waals surface area contributed by atoms with Gasteiger partial charge in [0.1, 0.15) is 0 Å². The highest BCUT2D eigenvalue weighted by Crippen LogP contribution is 2.27. The van der Waals surface area contributed by atoms with Crippen LogP contribution in [0.15, 0.2) is 53.4 Å². The number of piperidine rings is 1. The lowest BCUT2D eigenvalue weighted by molar-refractivity contribution is -0.120. The van der Waals surface area contributed by atoms with Crippen LogP contribution in [0.3, 0.4) is 0 Å². The molecule has 1 N–H and O–H groups in total. The van der Waals surface area contributed by atoms with E-state index in [1.165, 1.54) is 16.4 Å². The van der Waals surface area contributed by atoms with Gasteiger partial charge in [-0.3, -0.25) is 4.79 Å². The average molecular weight is 413 g/mol. The minimum absolute atomic E-state index is 0.140. The molecule has 1 amide bonds. The smallest absolute Gasteiger partial charge is 0.243 e. The zero-order valence-corrected chi connectivity index (χ0v) is 16.2. The maximum absolute atomic E-state index is 12.8. The highest BCUT2D eigenvalue weighted by Gasteiger charge is 2.33. The van der Waals surface area contributed by atoms with Gasteiger partial charge in [-0.15, -0.1) is 0 Å². The monoisotopic (exact) mass is 412 g/mol. The van der Waals surface area contributed by atoms with E-state index >= 15 is 0 Å². The maximum Gasteiger partial charge on any atom is 0.243 e. The number of nitrogens with zero attached hydrogens (tertiary/aromatic N) is 1. The highest BCUT2D eigenvalue weighted by atomic mass is 35.5. The Kier molecular flexibility index (Phi) is 5.87. The van der Waals surface area contributed by atoms with Crippen LogP contribution in [0.5, 0.6) is 0 Å². The Bertz CT molecular complexity index is 901. The molecule has 2 aromatic carbocycles. The summed E-state index contributed by atoms with van der Waals surface area (Å²) in [6, 6.07) is 13.0. The SMILES string of the molecule is O=C(Nc1ccccc1Cl)[C@H]1CCCN(S(=O)(=O)c2ccc(Cl)cc2)C1. The van der Waals surface area contributed by atoms with Crippen LogP contribution in [0, 0.1) is 5.92 Å². The number of amides is 1. The van der Waals surface area contributed by atoms with Gasteiger partial charge in [-0.1, -0.05) is 35.3 Å². The third-order valence-corrected chi connectivity index (χ3v) is 6.80. The largest absolute Gasteiger partial charge is 0.324 e. The van der Waals surface area contributed by atoms with Gasteiger partial charge in [-0.05, 0) is 49.2 Å².